The minimum Gasteiger partial charge on any atom is -0.504 e. The van der Waals surface area contributed by atoms with Crippen LogP contribution in [0.15, 0.2) is 23.6 Å². The third-order valence-corrected chi connectivity index (χ3v) is 5.27. The van der Waals surface area contributed by atoms with E-state index in [9.17, 15) is 10.2 Å². The predicted molar refractivity (Wildman–Crippen MR) is 85.2 cm³/mol. The number of fused-ring (bicyclic) bond motifs is 5. The number of benzene rings is 1. The Labute approximate surface area is 132 Å². The van der Waals surface area contributed by atoms with Crippen molar-refractivity contribution in [3.63, 3.8) is 0 Å². The molecule has 0 amide bonds. The van der Waals surface area contributed by atoms with Gasteiger partial charge < -0.3 is 15.5 Å². The smallest absolute Gasteiger partial charge is 0.157 e. The summed E-state index contributed by atoms with van der Waals surface area (Å²) < 4.78 is 0. The topological polar surface area (TPSA) is 52.5 Å². The van der Waals surface area contributed by atoms with Gasteiger partial charge in [-0.2, -0.15) is 0 Å². The van der Waals surface area contributed by atoms with Crippen LogP contribution in [0.5, 0.6) is 11.5 Å². The number of thiophene rings is 1. The Balaban J connectivity index is 0.00000121. The molecule has 1 aromatic carbocycles. The van der Waals surface area contributed by atoms with Crippen molar-refractivity contribution in [2.75, 3.05) is 0 Å². The number of rotatable bonds is 0. The van der Waals surface area contributed by atoms with E-state index in [0.717, 1.165) is 24.9 Å². The van der Waals surface area contributed by atoms with E-state index < -0.39 is 0 Å². The number of hydrogen-bond donors (Lipinski definition) is 3. The van der Waals surface area contributed by atoms with E-state index in [1.807, 2.05) is 0 Å². The van der Waals surface area contributed by atoms with Gasteiger partial charge in [0.15, 0.2) is 11.5 Å². The first kappa shape index (κ1) is 13.9. The Morgan fingerprint density at radius 1 is 1.15 bits per heavy atom. The Kier molecular flexibility index (Phi) is 3.52. The van der Waals surface area contributed by atoms with Gasteiger partial charge in [0.25, 0.3) is 0 Å². The van der Waals surface area contributed by atoms with E-state index in [0.29, 0.717) is 12.0 Å². The molecule has 0 fully saturated rings. The number of aryl methyl sites for hydroxylation is 1. The first-order valence-electron chi connectivity index (χ1n) is 6.58. The highest BCUT2D eigenvalue weighted by molar-refractivity contribution is 8.93. The molecule has 20 heavy (non-hydrogen) atoms. The summed E-state index contributed by atoms with van der Waals surface area (Å²) in [6, 6.07) is 6.12. The van der Waals surface area contributed by atoms with Crippen molar-refractivity contribution >= 4 is 28.3 Å². The van der Waals surface area contributed by atoms with Gasteiger partial charge in [-0.05, 0) is 53.1 Å². The Morgan fingerprint density at radius 2 is 1.95 bits per heavy atom. The number of nitrogens with one attached hydrogen (secondary N) is 1. The van der Waals surface area contributed by atoms with Gasteiger partial charge in [0.1, 0.15) is 0 Å². The SMILES string of the molecule is Br.Oc1cc2c(cc1O)[C@H]1c3ccsc3CN[C@@H]1CC2. The number of phenolic OH excluding ortho intramolecular Hbond substituents is 2. The standard InChI is InChI=1S/C15H15NO2S.BrH/c17-12-5-8-1-2-11-15(10(8)6-13(12)18)9-3-4-19-14(9)7-16-11;/h3-6,11,15-18H,1-2,7H2;1H/t11-,15-;/m1./s1. The lowest BCUT2D eigenvalue weighted by atomic mass is 9.74. The van der Waals surface area contributed by atoms with Crippen LogP contribution in [0.1, 0.15) is 33.9 Å². The lowest BCUT2D eigenvalue weighted by Crippen LogP contribution is -2.41. The molecule has 2 aromatic rings. The van der Waals surface area contributed by atoms with E-state index >= 15 is 0 Å². The first-order chi connectivity index (χ1) is 9.24. The summed E-state index contributed by atoms with van der Waals surface area (Å²) in [5.41, 5.74) is 3.72. The van der Waals surface area contributed by atoms with Crippen molar-refractivity contribution in [2.45, 2.75) is 31.3 Å². The van der Waals surface area contributed by atoms with Crippen LogP contribution >= 0.6 is 28.3 Å². The maximum absolute atomic E-state index is 9.80. The van der Waals surface area contributed by atoms with Gasteiger partial charge in [-0.3, -0.25) is 0 Å². The van der Waals surface area contributed by atoms with Gasteiger partial charge in [-0.15, -0.1) is 28.3 Å². The fourth-order valence-electron chi connectivity index (χ4n) is 3.44. The maximum Gasteiger partial charge on any atom is 0.157 e. The molecule has 1 aliphatic carbocycles. The second-order valence-electron chi connectivity index (χ2n) is 5.34. The van der Waals surface area contributed by atoms with Gasteiger partial charge in [-0.25, -0.2) is 0 Å². The van der Waals surface area contributed by atoms with E-state index in [2.05, 4.69) is 16.8 Å². The van der Waals surface area contributed by atoms with E-state index in [-0.39, 0.29) is 28.5 Å². The molecule has 0 bridgehead atoms. The number of phenols is 2. The van der Waals surface area contributed by atoms with Gasteiger partial charge >= 0.3 is 0 Å². The van der Waals surface area contributed by atoms with Crippen LogP contribution in [0.2, 0.25) is 0 Å². The molecular weight excluding hydrogens is 338 g/mol. The van der Waals surface area contributed by atoms with Crippen molar-refractivity contribution in [1.29, 1.82) is 0 Å². The fourth-order valence-corrected chi connectivity index (χ4v) is 4.31. The fraction of sp³-hybridized carbons (Fsp3) is 0.333. The van der Waals surface area contributed by atoms with Crippen molar-refractivity contribution in [3.05, 3.63) is 45.1 Å². The molecule has 106 valence electrons. The monoisotopic (exact) mass is 353 g/mol. The molecular formula is C15H16BrNO2S. The zero-order valence-electron chi connectivity index (χ0n) is 10.8. The second-order valence-corrected chi connectivity index (χ2v) is 6.34. The lowest BCUT2D eigenvalue weighted by Gasteiger charge is -2.38. The highest BCUT2D eigenvalue weighted by Gasteiger charge is 2.35. The highest BCUT2D eigenvalue weighted by Crippen LogP contribution is 2.45. The average Bonchev–Trinajstić information content (AvgIpc) is 2.88. The van der Waals surface area contributed by atoms with Crippen molar-refractivity contribution in [3.8, 4) is 11.5 Å². The molecule has 4 rings (SSSR count). The third kappa shape index (κ3) is 1.96. The quantitative estimate of drug-likeness (QED) is 0.637. The molecule has 0 unspecified atom stereocenters. The Bertz CT molecular complexity index is 655. The van der Waals surface area contributed by atoms with Gasteiger partial charge in [0.05, 0.1) is 0 Å². The van der Waals surface area contributed by atoms with E-state index in [4.69, 9.17) is 0 Å². The highest BCUT2D eigenvalue weighted by atomic mass is 79.9. The van der Waals surface area contributed by atoms with Crippen LogP contribution in [0.25, 0.3) is 0 Å². The number of halogens is 1. The van der Waals surface area contributed by atoms with Crippen molar-refractivity contribution in [2.24, 2.45) is 0 Å². The first-order valence-corrected chi connectivity index (χ1v) is 7.46. The van der Waals surface area contributed by atoms with Crippen LogP contribution in [0.3, 0.4) is 0 Å². The molecule has 5 heteroatoms. The van der Waals surface area contributed by atoms with Crippen LogP contribution in [-0.4, -0.2) is 16.3 Å². The summed E-state index contributed by atoms with van der Waals surface area (Å²) in [5.74, 6) is 0.290. The van der Waals surface area contributed by atoms with Crippen LogP contribution in [0, 0.1) is 0 Å². The van der Waals surface area contributed by atoms with Gasteiger partial charge in [0, 0.05) is 23.4 Å². The average molecular weight is 354 g/mol. The molecule has 1 aromatic heterocycles. The molecule has 2 atom stereocenters. The molecule has 0 spiro atoms. The summed E-state index contributed by atoms with van der Waals surface area (Å²) in [6.07, 6.45) is 2.04. The molecule has 3 N–H and O–H groups in total. The van der Waals surface area contributed by atoms with Crippen LogP contribution in [-0.2, 0) is 13.0 Å². The largest absolute Gasteiger partial charge is 0.504 e. The van der Waals surface area contributed by atoms with Gasteiger partial charge in [-0.1, -0.05) is 0 Å². The van der Waals surface area contributed by atoms with E-state index in [1.165, 1.54) is 16.0 Å². The van der Waals surface area contributed by atoms with E-state index in [1.54, 1.807) is 23.5 Å². The zero-order chi connectivity index (χ0) is 13.0. The summed E-state index contributed by atoms with van der Waals surface area (Å²) in [4.78, 5) is 1.39. The summed E-state index contributed by atoms with van der Waals surface area (Å²) in [7, 11) is 0. The number of aromatic hydroxyl groups is 2. The molecule has 0 saturated heterocycles. The summed E-state index contributed by atoms with van der Waals surface area (Å²) in [6.45, 7) is 0.952. The maximum atomic E-state index is 9.80. The molecule has 3 nitrogen and oxygen atoms in total. The van der Waals surface area contributed by atoms with Crippen LogP contribution in [0.4, 0.5) is 0 Å². The molecule has 0 radical (unpaired) electrons. The summed E-state index contributed by atoms with van der Waals surface area (Å²) in [5, 5.41) is 25.2. The molecule has 2 aliphatic rings. The Hall–Kier alpha value is -1.04. The molecule has 2 heterocycles. The van der Waals surface area contributed by atoms with Crippen molar-refractivity contribution < 1.29 is 10.2 Å². The summed E-state index contributed by atoms with van der Waals surface area (Å²) >= 11 is 1.79. The minimum absolute atomic E-state index is 0. The predicted octanol–water partition coefficient (Wildman–Crippen LogP) is 3.29. The number of hydrogen-bond acceptors (Lipinski definition) is 4. The second kappa shape index (κ2) is 5.06. The third-order valence-electron chi connectivity index (χ3n) is 4.34. The van der Waals surface area contributed by atoms with Gasteiger partial charge in [0.2, 0.25) is 0 Å². The lowest BCUT2D eigenvalue weighted by molar-refractivity contribution is 0.382. The molecule has 1 aliphatic heterocycles. The van der Waals surface area contributed by atoms with Crippen LogP contribution < -0.4 is 5.32 Å². The molecule has 0 saturated carbocycles. The minimum atomic E-state index is -0.0123. The normalized spacial score (nSPS) is 23.2. The van der Waals surface area contributed by atoms with Crippen molar-refractivity contribution in [1.82, 2.24) is 5.32 Å². The Morgan fingerprint density at radius 3 is 2.80 bits per heavy atom. The zero-order valence-corrected chi connectivity index (χ0v) is 13.3.